The molecule has 1 aromatic heterocycles. The fourth-order valence-electron chi connectivity index (χ4n) is 1.82. The monoisotopic (exact) mass is 313 g/mol. The predicted octanol–water partition coefficient (Wildman–Crippen LogP) is 4.91. The lowest BCUT2D eigenvalue weighted by Gasteiger charge is -1.96. The van der Waals surface area contributed by atoms with E-state index in [4.69, 9.17) is 11.6 Å². The maximum atomic E-state index is 5.92. The van der Waals surface area contributed by atoms with E-state index < -0.39 is 0 Å². The second kappa shape index (κ2) is 6.52. The van der Waals surface area contributed by atoms with Crippen molar-refractivity contribution in [3.63, 3.8) is 0 Å². The number of hydrazone groups is 1. The number of nitrogens with one attached hydrogen (secondary N) is 1. The number of aromatic nitrogens is 1. The first-order valence-electron chi connectivity index (χ1n) is 6.37. The molecule has 0 radical (unpaired) electrons. The first-order chi connectivity index (χ1) is 10.3. The van der Waals surface area contributed by atoms with Gasteiger partial charge in [-0.05, 0) is 17.7 Å². The van der Waals surface area contributed by atoms with Crippen LogP contribution in [0.5, 0.6) is 0 Å². The Bertz CT molecular complexity index is 753. The number of thiazole rings is 1. The van der Waals surface area contributed by atoms with Gasteiger partial charge in [-0.3, -0.25) is 5.43 Å². The summed E-state index contributed by atoms with van der Waals surface area (Å²) in [5, 5.41) is 7.63. The van der Waals surface area contributed by atoms with Crippen molar-refractivity contribution in [3.05, 3.63) is 70.6 Å². The van der Waals surface area contributed by atoms with E-state index in [9.17, 15) is 0 Å². The Hall–Kier alpha value is -2.17. The van der Waals surface area contributed by atoms with Gasteiger partial charge in [0.25, 0.3) is 0 Å². The second-order valence-electron chi connectivity index (χ2n) is 4.33. The van der Waals surface area contributed by atoms with Crippen molar-refractivity contribution in [2.24, 2.45) is 5.10 Å². The lowest BCUT2D eigenvalue weighted by molar-refractivity contribution is 1.29. The SMILES string of the molecule is Clc1cccc(/C=N\Nc2nc(-c3ccccc3)cs2)c1. The number of nitrogens with zero attached hydrogens (tertiary/aromatic N) is 2. The number of hydrogen-bond acceptors (Lipinski definition) is 4. The highest BCUT2D eigenvalue weighted by Gasteiger charge is 2.02. The Morgan fingerprint density at radius 3 is 2.76 bits per heavy atom. The largest absolute Gasteiger partial charge is 0.253 e. The molecule has 0 aliphatic heterocycles. The molecule has 21 heavy (non-hydrogen) atoms. The van der Waals surface area contributed by atoms with Crippen LogP contribution in [0.2, 0.25) is 5.02 Å². The standard InChI is InChI=1S/C16H12ClN3S/c17-14-8-4-5-12(9-14)10-18-20-16-19-15(11-21-16)13-6-2-1-3-7-13/h1-11H,(H,19,20)/b18-10-. The van der Waals surface area contributed by atoms with Crippen LogP contribution in [0.3, 0.4) is 0 Å². The minimum Gasteiger partial charge on any atom is -0.253 e. The molecule has 0 fully saturated rings. The second-order valence-corrected chi connectivity index (χ2v) is 5.62. The van der Waals surface area contributed by atoms with Crippen molar-refractivity contribution in [1.29, 1.82) is 0 Å². The first-order valence-corrected chi connectivity index (χ1v) is 7.62. The van der Waals surface area contributed by atoms with Gasteiger partial charge in [-0.15, -0.1) is 11.3 Å². The predicted molar refractivity (Wildman–Crippen MR) is 90.2 cm³/mol. The molecule has 5 heteroatoms. The summed E-state index contributed by atoms with van der Waals surface area (Å²) >= 11 is 7.44. The molecular formula is C16H12ClN3S. The summed E-state index contributed by atoms with van der Waals surface area (Å²) in [4.78, 5) is 4.50. The Labute approximate surface area is 131 Å². The first kappa shape index (κ1) is 13.8. The Balaban J connectivity index is 1.68. The zero-order chi connectivity index (χ0) is 14.5. The van der Waals surface area contributed by atoms with E-state index in [-0.39, 0.29) is 0 Å². The summed E-state index contributed by atoms with van der Waals surface area (Å²) < 4.78 is 0. The number of benzene rings is 2. The molecule has 0 atom stereocenters. The van der Waals surface area contributed by atoms with Crippen LogP contribution in [0.1, 0.15) is 5.56 Å². The molecule has 104 valence electrons. The van der Waals surface area contributed by atoms with Crippen molar-refractivity contribution >= 4 is 34.3 Å². The number of halogens is 1. The average Bonchev–Trinajstić information content (AvgIpc) is 2.97. The maximum Gasteiger partial charge on any atom is 0.203 e. The van der Waals surface area contributed by atoms with Crippen LogP contribution in [-0.2, 0) is 0 Å². The number of rotatable bonds is 4. The summed E-state index contributed by atoms with van der Waals surface area (Å²) in [7, 11) is 0. The Morgan fingerprint density at radius 2 is 1.95 bits per heavy atom. The third-order valence-electron chi connectivity index (χ3n) is 2.80. The van der Waals surface area contributed by atoms with Gasteiger partial charge in [-0.25, -0.2) is 4.98 Å². The molecule has 3 aromatic rings. The molecule has 3 nitrogen and oxygen atoms in total. The van der Waals surface area contributed by atoms with Crippen LogP contribution in [0.15, 0.2) is 65.1 Å². The topological polar surface area (TPSA) is 37.3 Å². The molecule has 0 spiro atoms. The summed E-state index contributed by atoms with van der Waals surface area (Å²) in [6.45, 7) is 0. The van der Waals surface area contributed by atoms with E-state index in [2.05, 4.69) is 15.5 Å². The molecule has 0 bridgehead atoms. The van der Waals surface area contributed by atoms with Crippen LogP contribution in [0.4, 0.5) is 5.13 Å². The molecule has 0 amide bonds. The third kappa shape index (κ3) is 3.68. The van der Waals surface area contributed by atoms with Gasteiger partial charge in [0.05, 0.1) is 11.9 Å². The minimum absolute atomic E-state index is 0.694. The fraction of sp³-hybridized carbons (Fsp3) is 0. The molecule has 0 saturated heterocycles. The molecule has 1 heterocycles. The highest BCUT2D eigenvalue weighted by Crippen LogP contribution is 2.24. The summed E-state index contributed by atoms with van der Waals surface area (Å²) in [5.41, 5.74) is 5.92. The van der Waals surface area contributed by atoms with Crippen molar-refractivity contribution in [1.82, 2.24) is 4.98 Å². The highest BCUT2D eigenvalue weighted by molar-refractivity contribution is 7.14. The van der Waals surface area contributed by atoms with Crippen LogP contribution < -0.4 is 5.43 Å². The van der Waals surface area contributed by atoms with Crippen LogP contribution in [0, 0.1) is 0 Å². The lowest BCUT2D eigenvalue weighted by atomic mass is 10.2. The molecule has 0 aliphatic rings. The van der Waals surface area contributed by atoms with E-state index in [0.29, 0.717) is 5.02 Å². The zero-order valence-electron chi connectivity index (χ0n) is 11.0. The normalized spacial score (nSPS) is 10.9. The van der Waals surface area contributed by atoms with Crippen molar-refractivity contribution in [2.75, 3.05) is 5.43 Å². The zero-order valence-corrected chi connectivity index (χ0v) is 12.6. The van der Waals surface area contributed by atoms with Gasteiger partial charge in [0.15, 0.2) is 0 Å². The van der Waals surface area contributed by atoms with E-state index in [1.165, 1.54) is 11.3 Å². The third-order valence-corrected chi connectivity index (χ3v) is 3.78. The lowest BCUT2D eigenvalue weighted by Crippen LogP contribution is -1.90. The van der Waals surface area contributed by atoms with E-state index in [1.807, 2.05) is 60.0 Å². The smallest absolute Gasteiger partial charge is 0.203 e. The van der Waals surface area contributed by atoms with Gasteiger partial charge in [0, 0.05) is 16.0 Å². The van der Waals surface area contributed by atoms with Crippen molar-refractivity contribution in [3.8, 4) is 11.3 Å². The van der Waals surface area contributed by atoms with Gasteiger partial charge >= 0.3 is 0 Å². The van der Waals surface area contributed by atoms with E-state index in [0.717, 1.165) is 22.0 Å². The molecule has 2 aromatic carbocycles. The Kier molecular flexibility index (Phi) is 4.28. The average molecular weight is 314 g/mol. The van der Waals surface area contributed by atoms with Gasteiger partial charge < -0.3 is 0 Å². The maximum absolute atomic E-state index is 5.92. The molecule has 3 rings (SSSR count). The quantitative estimate of drug-likeness (QED) is 0.549. The Morgan fingerprint density at radius 1 is 1.10 bits per heavy atom. The van der Waals surface area contributed by atoms with Crippen LogP contribution >= 0.6 is 22.9 Å². The van der Waals surface area contributed by atoms with Crippen molar-refractivity contribution < 1.29 is 0 Å². The van der Waals surface area contributed by atoms with Crippen molar-refractivity contribution in [2.45, 2.75) is 0 Å². The number of anilines is 1. The van der Waals surface area contributed by atoms with Gasteiger partial charge in [0.1, 0.15) is 0 Å². The molecular weight excluding hydrogens is 302 g/mol. The molecule has 1 N–H and O–H groups in total. The molecule has 0 saturated carbocycles. The van der Waals surface area contributed by atoms with Gasteiger partial charge in [-0.2, -0.15) is 5.10 Å². The number of hydrogen-bond donors (Lipinski definition) is 1. The molecule has 0 aliphatic carbocycles. The van der Waals surface area contributed by atoms with E-state index >= 15 is 0 Å². The fourth-order valence-corrected chi connectivity index (χ4v) is 2.68. The van der Waals surface area contributed by atoms with Crippen LogP contribution in [0.25, 0.3) is 11.3 Å². The van der Waals surface area contributed by atoms with Crippen LogP contribution in [-0.4, -0.2) is 11.2 Å². The summed E-state index contributed by atoms with van der Waals surface area (Å²) in [5.74, 6) is 0. The highest BCUT2D eigenvalue weighted by atomic mass is 35.5. The van der Waals surface area contributed by atoms with Gasteiger partial charge in [-0.1, -0.05) is 54.1 Å². The summed E-state index contributed by atoms with van der Waals surface area (Å²) in [6, 6.07) is 17.6. The summed E-state index contributed by atoms with van der Waals surface area (Å²) in [6.07, 6.45) is 1.72. The minimum atomic E-state index is 0.694. The molecule has 0 unspecified atom stereocenters. The van der Waals surface area contributed by atoms with Gasteiger partial charge in [0.2, 0.25) is 5.13 Å². The van der Waals surface area contributed by atoms with E-state index in [1.54, 1.807) is 6.21 Å².